The quantitative estimate of drug-likeness (QED) is 0.447. The van der Waals surface area contributed by atoms with Gasteiger partial charge in [0.1, 0.15) is 5.28 Å². The molecule has 2 rings (SSSR count). The summed E-state index contributed by atoms with van der Waals surface area (Å²) in [6.45, 7) is 6.06. The molecule has 0 aromatic carbocycles. The largest absolute Gasteiger partial charge is 0.287 e. The van der Waals surface area contributed by atoms with Gasteiger partial charge in [-0.1, -0.05) is 0 Å². The van der Waals surface area contributed by atoms with Crippen molar-refractivity contribution in [1.29, 1.82) is 0 Å². The molecule has 3 nitrogen and oxygen atoms in total. The summed E-state index contributed by atoms with van der Waals surface area (Å²) < 4.78 is 14.1. The van der Waals surface area contributed by atoms with Crippen molar-refractivity contribution in [2.24, 2.45) is 0 Å². The molecule has 2 aliphatic heterocycles. The molecule has 0 bridgehead atoms. The van der Waals surface area contributed by atoms with Gasteiger partial charge in [-0.2, -0.15) is 0 Å². The average Bonchev–Trinajstić information content (AvgIpc) is 2.43. The third-order valence-electron chi connectivity index (χ3n) is 2.80. The van der Waals surface area contributed by atoms with Gasteiger partial charge in [-0.05, 0) is 26.7 Å². The Labute approximate surface area is 67.6 Å². The minimum absolute atomic E-state index is 0.0482. The van der Waals surface area contributed by atoms with Crippen LogP contribution in [0, 0.1) is 0 Å². The van der Waals surface area contributed by atoms with E-state index in [0.717, 1.165) is 19.5 Å². The first-order chi connectivity index (χ1) is 5.09. The Hall–Kier alpha value is 0.150. The summed E-state index contributed by atoms with van der Waals surface area (Å²) in [5.41, 5.74) is 0. The van der Waals surface area contributed by atoms with Crippen LogP contribution in [-0.2, 0) is 4.57 Å². The van der Waals surface area contributed by atoms with Crippen molar-refractivity contribution in [1.82, 2.24) is 9.76 Å². The van der Waals surface area contributed by atoms with Gasteiger partial charge in [0.15, 0.2) is 0 Å². The molecule has 11 heavy (non-hydrogen) atoms. The molecule has 1 N–H and O–H groups in total. The van der Waals surface area contributed by atoms with Crippen LogP contribution in [0.1, 0.15) is 26.7 Å². The summed E-state index contributed by atoms with van der Waals surface area (Å²) in [6, 6.07) is 0. The van der Waals surface area contributed by atoms with Crippen LogP contribution in [0.15, 0.2) is 0 Å². The predicted octanol–water partition coefficient (Wildman–Crippen LogP) is 1.61. The van der Waals surface area contributed by atoms with Crippen molar-refractivity contribution in [2.45, 2.75) is 32.0 Å². The molecule has 2 aliphatic rings. The van der Waals surface area contributed by atoms with Crippen molar-refractivity contribution >= 4 is 7.44 Å². The second-order valence-corrected chi connectivity index (χ2v) is 6.85. The zero-order valence-corrected chi connectivity index (χ0v) is 8.03. The molecule has 2 heterocycles. The Balaban J connectivity index is 2.22. The van der Waals surface area contributed by atoms with Crippen LogP contribution < -0.4 is 5.09 Å². The molecule has 4 heteroatoms. The van der Waals surface area contributed by atoms with Crippen LogP contribution in [0.2, 0.25) is 0 Å². The average molecular weight is 174 g/mol. The minimum Gasteiger partial charge on any atom is -0.287 e. The maximum Gasteiger partial charge on any atom is 0.234 e. The third kappa shape index (κ3) is 0.851. The molecular formula is C7H15N2OP. The summed E-state index contributed by atoms with van der Waals surface area (Å²) in [6.07, 6.45) is 2.34. The second kappa shape index (κ2) is 2.09. The SMILES string of the molecule is CC1(C)N2CCCCNP21=O. The van der Waals surface area contributed by atoms with Crippen LogP contribution in [0.5, 0.6) is 0 Å². The maximum absolute atomic E-state index is 12.0. The molecule has 0 aromatic rings. The molecule has 0 spiro atoms. The van der Waals surface area contributed by atoms with E-state index < -0.39 is 7.44 Å². The van der Waals surface area contributed by atoms with Gasteiger partial charge in [0.05, 0.1) is 0 Å². The number of hydrogen-bond acceptors (Lipinski definition) is 1. The van der Waals surface area contributed by atoms with E-state index in [9.17, 15) is 4.57 Å². The molecule has 0 aliphatic carbocycles. The molecule has 0 saturated carbocycles. The monoisotopic (exact) mass is 174 g/mol. The Morgan fingerprint density at radius 1 is 1.45 bits per heavy atom. The van der Waals surface area contributed by atoms with Crippen molar-refractivity contribution in [3.63, 3.8) is 0 Å². The van der Waals surface area contributed by atoms with Gasteiger partial charge < -0.3 is 0 Å². The highest BCUT2D eigenvalue weighted by Crippen LogP contribution is 2.77. The standard InChI is InChI=1S/C7H15N2OP/c1-7(2)9-6-4-3-5-8-11(7,9)10/h3-6H2,1-2H3,(H,8,10). The molecule has 2 atom stereocenters. The molecule has 64 valence electrons. The van der Waals surface area contributed by atoms with E-state index in [1.807, 2.05) is 0 Å². The summed E-state index contributed by atoms with van der Waals surface area (Å²) in [5.74, 6) is 0. The number of rotatable bonds is 0. The number of nitrogens with one attached hydrogen (secondary N) is 1. The van der Waals surface area contributed by atoms with E-state index >= 15 is 0 Å². The molecule has 0 radical (unpaired) electrons. The first-order valence-corrected chi connectivity index (χ1v) is 5.88. The van der Waals surface area contributed by atoms with Crippen molar-refractivity contribution in [2.75, 3.05) is 13.1 Å². The van der Waals surface area contributed by atoms with Gasteiger partial charge in [-0.25, -0.2) is 4.67 Å². The van der Waals surface area contributed by atoms with Crippen molar-refractivity contribution < 1.29 is 4.57 Å². The fourth-order valence-electron chi connectivity index (χ4n) is 1.87. The van der Waals surface area contributed by atoms with E-state index in [0.29, 0.717) is 0 Å². The van der Waals surface area contributed by atoms with Crippen LogP contribution in [-0.4, -0.2) is 23.0 Å². The first kappa shape index (κ1) is 7.78. The van der Waals surface area contributed by atoms with E-state index in [4.69, 9.17) is 0 Å². The van der Waals surface area contributed by atoms with Crippen molar-refractivity contribution in [3.05, 3.63) is 0 Å². The van der Waals surface area contributed by atoms with Crippen molar-refractivity contribution in [3.8, 4) is 0 Å². The second-order valence-electron chi connectivity index (χ2n) is 3.81. The minimum atomic E-state index is -2.08. The fourth-order valence-corrected chi connectivity index (χ4v) is 4.77. The number of nitrogens with zero attached hydrogens (tertiary/aromatic N) is 1. The Morgan fingerprint density at radius 2 is 2.18 bits per heavy atom. The summed E-state index contributed by atoms with van der Waals surface area (Å²) >= 11 is 0. The first-order valence-electron chi connectivity index (χ1n) is 4.22. The lowest BCUT2D eigenvalue weighted by atomic mass is 10.3. The van der Waals surface area contributed by atoms with Gasteiger partial charge in [0.25, 0.3) is 0 Å². The summed E-state index contributed by atoms with van der Waals surface area (Å²) in [7, 11) is -2.08. The highest BCUT2D eigenvalue weighted by atomic mass is 31.2. The fraction of sp³-hybridized carbons (Fsp3) is 1.00. The van der Waals surface area contributed by atoms with E-state index in [1.54, 1.807) is 0 Å². The number of fused-ring (bicyclic) bond motifs is 1. The zero-order valence-electron chi connectivity index (χ0n) is 7.13. The lowest BCUT2D eigenvalue weighted by Crippen LogP contribution is -2.13. The Morgan fingerprint density at radius 3 is 2.91 bits per heavy atom. The van der Waals surface area contributed by atoms with E-state index in [2.05, 4.69) is 23.6 Å². The maximum atomic E-state index is 12.0. The number of hydrogen-bond donors (Lipinski definition) is 1. The van der Waals surface area contributed by atoms with E-state index in [-0.39, 0.29) is 5.28 Å². The molecule has 0 aromatic heterocycles. The normalized spacial score (nSPS) is 47.6. The zero-order chi connectivity index (χ0) is 8.11. The van der Waals surface area contributed by atoms with Gasteiger partial charge in [0.2, 0.25) is 7.44 Å². The third-order valence-corrected chi connectivity index (χ3v) is 6.36. The van der Waals surface area contributed by atoms with Gasteiger partial charge in [-0.15, -0.1) is 0 Å². The van der Waals surface area contributed by atoms with Crippen LogP contribution in [0.3, 0.4) is 0 Å². The van der Waals surface area contributed by atoms with Gasteiger partial charge in [-0.3, -0.25) is 9.65 Å². The Kier molecular flexibility index (Phi) is 1.48. The summed E-state index contributed by atoms with van der Waals surface area (Å²) in [5, 5.41) is 3.12. The van der Waals surface area contributed by atoms with Crippen LogP contribution in [0.4, 0.5) is 0 Å². The predicted molar refractivity (Wildman–Crippen MR) is 45.6 cm³/mol. The molecular weight excluding hydrogens is 159 g/mol. The molecule has 2 unspecified atom stereocenters. The van der Waals surface area contributed by atoms with Crippen LogP contribution >= 0.6 is 7.44 Å². The highest BCUT2D eigenvalue weighted by Gasteiger charge is 2.66. The molecule has 2 fully saturated rings. The molecule has 2 saturated heterocycles. The smallest absolute Gasteiger partial charge is 0.234 e. The van der Waals surface area contributed by atoms with Gasteiger partial charge in [0, 0.05) is 13.1 Å². The lowest BCUT2D eigenvalue weighted by molar-refractivity contribution is 0.444. The molecule has 0 amide bonds. The topological polar surface area (TPSA) is 32.1 Å². The van der Waals surface area contributed by atoms with Crippen LogP contribution in [0.25, 0.3) is 0 Å². The summed E-state index contributed by atoms with van der Waals surface area (Å²) in [4.78, 5) is 0. The van der Waals surface area contributed by atoms with E-state index in [1.165, 1.54) is 6.42 Å². The van der Waals surface area contributed by atoms with Gasteiger partial charge >= 0.3 is 0 Å². The lowest BCUT2D eigenvalue weighted by Gasteiger charge is -2.03. The highest BCUT2D eigenvalue weighted by molar-refractivity contribution is 7.68. The Bertz CT molecular complexity index is 226.